The minimum absolute atomic E-state index is 0.0997. The summed E-state index contributed by atoms with van der Waals surface area (Å²) in [6.07, 6.45) is 5.50. The molecular weight excluding hydrogens is 278 g/mol. The summed E-state index contributed by atoms with van der Waals surface area (Å²) in [5.41, 5.74) is 0.839. The maximum Gasteiger partial charge on any atom is 0.252 e. The number of nitrogens with one attached hydrogen (secondary N) is 1. The molecular formula is C18H21NOS. The average Bonchev–Trinajstić information content (AvgIpc) is 3.21. The number of hydrogen-bond donors (Lipinski definition) is 1. The number of thiophene rings is 1. The normalized spacial score (nSPS) is 28.9. The lowest BCUT2D eigenvalue weighted by Gasteiger charge is -2.28. The van der Waals surface area contributed by atoms with Gasteiger partial charge in [-0.3, -0.25) is 4.79 Å². The molecule has 2 bridgehead atoms. The van der Waals surface area contributed by atoms with Gasteiger partial charge in [0.15, 0.2) is 0 Å². The van der Waals surface area contributed by atoms with Crippen molar-refractivity contribution in [2.75, 3.05) is 0 Å². The zero-order chi connectivity index (χ0) is 14.4. The number of carbonyl (C=O) groups is 1. The Bertz CT molecular complexity index is 677. The molecule has 0 saturated heterocycles. The highest BCUT2D eigenvalue weighted by Crippen LogP contribution is 2.49. The van der Waals surface area contributed by atoms with Gasteiger partial charge in [0.25, 0.3) is 5.91 Å². The maximum atomic E-state index is 12.6. The Labute approximate surface area is 129 Å². The first-order chi connectivity index (χ1) is 10.2. The van der Waals surface area contributed by atoms with Gasteiger partial charge in [-0.1, -0.05) is 24.6 Å². The van der Waals surface area contributed by atoms with Crippen molar-refractivity contribution in [2.45, 2.75) is 38.6 Å². The van der Waals surface area contributed by atoms with Crippen LogP contribution in [0.3, 0.4) is 0 Å². The molecule has 1 heterocycles. The molecule has 1 amide bonds. The first-order valence-electron chi connectivity index (χ1n) is 7.99. The molecule has 0 spiro atoms. The van der Waals surface area contributed by atoms with Crippen LogP contribution in [-0.2, 0) is 0 Å². The van der Waals surface area contributed by atoms with Crippen molar-refractivity contribution in [1.29, 1.82) is 0 Å². The lowest BCUT2D eigenvalue weighted by Crippen LogP contribution is -2.40. The van der Waals surface area contributed by atoms with Crippen LogP contribution in [0.15, 0.2) is 29.6 Å². The van der Waals surface area contributed by atoms with Crippen LogP contribution in [0, 0.1) is 17.8 Å². The number of benzene rings is 1. The van der Waals surface area contributed by atoms with Gasteiger partial charge >= 0.3 is 0 Å². The maximum absolute atomic E-state index is 12.6. The van der Waals surface area contributed by atoms with Crippen LogP contribution in [0.1, 0.15) is 43.0 Å². The lowest BCUT2D eigenvalue weighted by atomic mass is 9.84. The number of hydrogen-bond acceptors (Lipinski definition) is 2. The van der Waals surface area contributed by atoms with Crippen LogP contribution < -0.4 is 5.32 Å². The van der Waals surface area contributed by atoms with Crippen LogP contribution >= 0.6 is 11.3 Å². The van der Waals surface area contributed by atoms with Crippen molar-refractivity contribution < 1.29 is 4.79 Å². The SMILES string of the molecule is C[C@@H](NC(=O)c1csc2ccccc12)[C@@H]1C[C@H]2CC[C@H]1C2. The number of fused-ring (bicyclic) bond motifs is 3. The molecule has 0 aliphatic heterocycles. The summed E-state index contributed by atoms with van der Waals surface area (Å²) in [7, 11) is 0. The minimum Gasteiger partial charge on any atom is -0.349 e. The zero-order valence-corrected chi connectivity index (χ0v) is 13.2. The molecule has 110 valence electrons. The number of amides is 1. The molecule has 4 atom stereocenters. The van der Waals surface area contributed by atoms with Gasteiger partial charge in [-0.15, -0.1) is 11.3 Å². The van der Waals surface area contributed by atoms with Crippen molar-refractivity contribution >= 4 is 27.3 Å². The Balaban J connectivity index is 1.50. The predicted octanol–water partition coefficient (Wildman–Crippen LogP) is 4.46. The average molecular weight is 299 g/mol. The van der Waals surface area contributed by atoms with E-state index in [0.717, 1.165) is 22.8 Å². The fourth-order valence-electron chi connectivity index (χ4n) is 4.45. The summed E-state index contributed by atoms with van der Waals surface area (Å²) in [6, 6.07) is 8.45. The Kier molecular flexibility index (Phi) is 3.26. The van der Waals surface area contributed by atoms with E-state index in [2.05, 4.69) is 18.3 Å². The van der Waals surface area contributed by atoms with Gasteiger partial charge in [0, 0.05) is 21.5 Å². The second-order valence-electron chi connectivity index (χ2n) is 6.75. The highest BCUT2D eigenvalue weighted by molar-refractivity contribution is 7.17. The van der Waals surface area contributed by atoms with Crippen molar-refractivity contribution in [3.63, 3.8) is 0 Å². The predicted molar refractivity (Wildman–Crippen MR) is 87.7 cm³/mol. The van der Waals surface area contributed by atoms with Crippen molar-refractivity contribution in [2.24, 2.45) is 17.8 Å². The Morgan fingerprint density at radius 2 is 2.14 bits per heavy atom. The highest BCUT2D eigenvalue weighted by atomic mass is 32.1. The third kappa shape index (κ3) is 2.28. The monoisotopic (exact) mass is 299 g/mol. The second-order valence-corrected chi connectivity index (χ2v) is 7.66. The Morgan fingerprint density at radius 3 is 2.90 bits per heavy atom. The third-order valence-corrected chi connectivity index (χ3v) is 6.48. The molecule has 21 heavy (non-hydrogen) atoms. The minimum atomic E-state index is 0.0997. The standard InChI is InChI=1S/C18H21NOS/c1-11(15-9-12-6-7-13(15)8-12)19-18(20)16-10-21-17-5-3-2-4-14(16)17/h2-5,10-13,15H,6-9H2,1H3,(H,19,20)/t11-,12+,13+,15+/m1/s1. The van der Waals surface area contributed by atoms with Gasteiger partial charge in [0.2, 0.25) is 0 Å². The van der Waals surface area contributed by atoms with Crippen molar-refractivity contribution in [1.82, 2.24) is 5.32 Å². The molecule has 2 aliphatic rings. The zero-order valence-electron chi connectivity index (χ0n) is 12.3. The molecule has 2 saturated carbocycles. The summed E-state index contributed by atoms with van der Waals surface area (Å²) in [4.78, 5) is 12.6. The van der Waals surface area contributed by atoms with E-state index in [9.17, 15) is 4.79 Å². The van der Waals surface area contributed by atoms with E-state index >= 15 is 0 Å². The molecule has 0 unspecified atom stereocenters. The molecule has 4 rings (SSSR count). The first-order valence-corrected chi connectivity index (χ1v) is 8.87. The first kappa shape index (κ1) is 13.3. The largest absolute Gasteiger partial charge is 0.349 e. The molecule has 2 fully saturated rings. The molecule has 3 heteroatoms. The summed E-state index contributed by atoms with van der Waals surface area (Å²) >= 11 is 1.65. The number of carbonyl (C=O) groups excluding carboxylic acids is 1. The van der Waals surface area contributed by atoms with Crippen molar-refractivity contribution in [3.8, 4) is 0 Å². The summed E-state index contributed by atoms with van der Waals surface area (Å²) in [6.45, 7) is 2.19. The van der Waals surface area contributed by atoms with E-state index in [0.29, 0.717) is 12.0 Å². The fraction of sp³-hybridized carbons (Fsp3) is 0.500. The van der Waals surface area contributed by atoms with Crippen LogP contribution in [-0.4, -0.2) is 11.9 Å². The van der Waals surface area contributed by atoms with Crippen LogP contribution in [0.25, 0.3) is 10.1 Å². The molecule has 2 nitrogen and oxygen atoms in total. The molecule has 1 aromatic heterocycles. The van der Waals surface area contributed by atoms with Gasteiger partial charge in [0.1, 0.15) is 0 Å². The third-order valence-electron chi connectivity index (χ3n) is 5.52. The fourth-order valence-corrected chi connectivity index (χ4v) is 5.39. The van der Waals surface area contributed by atoms with E-state index < -0.39 is 0 Å². The topological polar surface area (TPSA) is 29.1 Å². The summed E-state index contributed by atoms with van der Waals surface area (Å²) in [5, 5.41) is 6.35. The van der Waals surface area contributed by atoms with Gasteiger partial charge < -0.3 is 5.32 Å². The van der Waals surface area contributed by atoms with Gasteiger partial charge in [-0.25, -0.2) is 0 Å². The molecule has 2 aromatic rings. The van der Waals surface area contributed by atoms with E-state index in [1.807, 2.05) is 23.6 Å². The van der Waals surface area contributed by atoms with Crippen molar-refractivity contribution in [3.05, 3.63) is 35.2 Å². The van der Waals surface area contributed by atoms with E-state index in [1.54, 1.807) is 11.3 Å². The smallest absolute Gasteiger partial charge is 0.252 e. The summed E-state index contributed by atoms with van der Waals surface area (Å²) in [5.74, 6) is 2.58. The summed E-state index contributed by atoms with van der Waals surface area (Å²) < 4.78 is 1.19. The lowest BCUT2D eigenvalue weighted by molar-refractivity contribution is 0.0917. The molecule has 1 aromatic carbocycles. The second kappa shape index (κ2) is 5.13. The van der Waals surface area contributed by atoms with Crippen LogP contribution in [0.5, 0.6) is 0 Å². The molecule has 0 radical (unpaired) electrons. The van der Waals surface area contributed by atoms with Gasteiger partial charge in [-0.2, -0.15) is 0 Å². The van der Waals surface area contributed by atoms with Gasteiger partial charge in [0.05, 0.1) is 5.56 Å². The van der Waals surface area contributed by atoms with Crippen LogP contribution in [0.4, 0.5) is 0 Å². The molecule has 1 N–H and O–H groups in total. The Morgan fingerprint density at radius 1 is 1.29 bits per heavy atom. The van der Waals surface area contributed by atoms with Gasteiger partial charge in [-0.05, 0) is 50.0 Å². The molecule has 2 aliphatic carbocycles. The van der Waals surface area contributed by atoms with E-state index in [4.69, 9.17) is 0 Å². The Hall–Kier alpha value is -1.35. The van der Waals surface area contributed by atoms with E-state index in [-0.39, 0.29) is 5.91 Å². The quantitative estimate of drug-likeness (QED) is 0.891. The van der Waals surface area contributed by atoms with E-state index in [1.165, 1.54) is 30.4 Å². The number of rotatable bonds is 3. The van der Waals surface area contributed by atoms with Crippen LogP contribution in [0.2, 0.25) is 0 Å². The highest BCUT2D eigenvalue weighted by Gasteiger charge is 2.42.